The van der Waals surface area contributed by atoms with E-state index in [2.05, 4.69) is 20.7 Å². The molecule has 0 bridgehead atoms. The maximum Gasteiger partial charge on any atom is 0.421 e. The van der Waals surface area contributed by atoms with Crippen molar-refractivity contribution in [3.8, 4) is 5.75 Å². The van der Waals surface area contributed by atoms with Crippen molar-refractivity contribution in [3.05, 3.63) is 88.4 Å². The zero-order valence-corrected chi connectivity index (χ0v) is 25.7. The average molecular weight is 630 g/mol. The summed E-state index contributed by atoms with van der Waals surface area (Å²) >= 11 is 3.46. The summed E-state index contributed by atoms with van der Waals surface area (Å²) < 4.78 is 41.1. The molecule has 2 amide bonds. The number of nitrogens with one attached hydrogen (secondary N) is 1. The molecule has 0 saturated carbocycles. The SMILES string of the molecule is COc1ccc(S(=O)(=O)NC[C@](C)(c2ccc(Br)cc2)[C@]2(C)C(=O)N(C(=O)OC(C)(C)C)c3ccccc32)cc1. The second kappa shape index (κ2) is 10.6. The second-order valence-electron chi connectivity index (χ2n) is 11.1. The van der Waals surface area contributed by atoms with Gasteiger partial charge in [0.1, 0.15) is 11.4 Å². The Bertz CT molecular complexity index is 1530. The minimum Gasteiger partial charge on any atom is -0.497 e. The Hall–Kier alpha value is -3.21. The highest BCUT2D eigenvalue weighted by molar-refractivity contribution is 9.10. The van der Waals surface area contributed by atoms with E-state index in [4.69, 9.17) is 9.47 Å². The molecule has 0 aliphatic carbocycles. The van der Waals surface area contributed by atoms with Crippen LogP contribution in [0.2, 0.25) is 0 Å². The predicted molar refractivity (Wildman–Crippen MR) is 157 cm³/mol. The number of hydrogen-bond acceptors (Lipinski definition) is 6. The summed E-state index contributed by atoms with van der Waals surface area (Å²) in [6, 6.07) is 20.5. The van der Waals surface area contributed by atoms with Crippen LogP contribution in [0.25, 0.3) is 0 Å². The van der Waals surface area contributed by atoms with Crippen molar-refractivity contribution in [1.82, 2.24) is 4.72 Å². The largest absolute Gasteiger partial charge is 0.497 e. The number of imide groups is 1. The number of anilines is 1. The Morgan fingerprint density at radius 1 is 0.975 bits per heavy atom. The van der Waals surface area contributed by atoms with E-state index in [1.165, 1.54) is 19.2 Å². The van der Waals surface area contributed by atoms with Gasteiger partial charge in [0.15, 0.2) is 0 Å². The van der Waals surface area contributed by atoms with Crippen LogP contribution in [0.15, 0.2) is 82.2 Å². The number of halogens is 1. The van der Waals surface area contributed by atoms with Gasteiger partial charge in [0.25, 0.3) is 0 Å². The fraction of sp³-hybridized carbons (Fsp3) is 0.333. The first kappa shape index (κ1) is 29.8. The van der Waals surface area contributed by atoms with Crippen molar-refractivity contribution in [2.45, 2.75) is 55.9 Å². The molecule has 0 saturated heterocycles. The van der Waals surface area contributed by atoms with Gasteiger partial charge < -0.3 is 9.47 Å². The smallest absolute Gasteiger partial charge is 0.421 e. The fourth-order valence-corrected chi connectivity index (χ4v) is 6.43. The Morgan fingerprint density at radius 2 is 1.57 bits per heavy atom. The number of carbonyl (C=O) groups is 2. The number of benzene rings is 3. The van der Waals surface area contributed by atoms with Gasteiger partial charge >= 0.3 is 6.09 Å². The lowest BCUT2D eigenvalue weighted by Gasteiger charge is -2.44. The number of amides is 2. The summed E-state index contributed by atoms with van der Waals surface area (Å²) in [6.07, 6.45) is -0.786. The zero-order valence-electron chi connectivity index (χ0n) is 23.3. The van der Waals surface area contributed by atoms with E-state index >= 15 is 0 Å². The lowest BCUT2D eigenvalue weighted by Crippen LogP contribution is -2.57. The van der Waals surface area contributed by atoms with Gasteiger partial charge in [-0.3, -0.25) is 4.79 Å². The minimum absolute atomic E-state index is 0.0603. The maximum absolute atomic E-state index is 14.4. The molecule has 4 rings (SSSR count). The van der Waals surface area contributed by atoms with Crippen LogP contribution < -0.4 is 14.4 Å². The minimum atomic E-state index is -3.97. The molecule has 10 heteroatoms. The second-order valence-corrected chi connectivity index (χ2v) is 13.8. The van der Waals surface area contributed by atoms with Crippen LogP contribution in [-0.4, -0.2) is 39.7 Å². The summed E-state index contributed by atoms with van der Waals surface area (Å²) in [5, 5.41) is 0. The van der Waals surface area contributed by atoms with E-state index in [1.807, 2.05) is 31.2 Å². The summed E-state index contributed by atoms with van der Waals surface area (Å²) in [7, 11) is -2.47. The van der Waals surface area contributed by atoms with Gasteiger partial charge in [0.05, 0.1) is 23.1 Å². The van der Waals surface area contributed by atoms with E-state index < -0.39 is 38.5 Å². The summed E-state index contributed by atoms with van der Waals surface area (Å²) in [5.41, 5.74) is -1.60. The topological polar surface area (TPSA) is 102 Å². The molecule has 1 N–H and O–H groups in total. The molecule has 40 heavy (non-hydrogen) atoms. The molecule has 1 heterocycles. The molecule has 212 valence electrons. The van der Waals surface area contributed by atoms with Crippen LogP contribution in [-0.2, 0) is 30.4 Å². The molecule has 1 aliphatic rings. The van der Waals surface area contributed by atoms with Gasteiger partial charge in [-0.2, -0.15) is 0 Å². The number of carbonyl (C=O) groups excluding carboxylic acids is 2. The van der Waals surface area contributed by atoms with Crippen LogP contribution in [0.5, 0.6) is 5.75 Å². The third-order valence-electron chi connectivity index (χ3n) is 7.46. The third-order valence-corrected chi connectivity index (χ3v) is 9.41. The van der Waals surface area contributed by atoms with Gasteiger partial charge in [-0.25, -0.2) is 22.8 Å². The Morgan fingerprint density at radius 3 is 2.15 bits per heavy atom. The zero-order chi connectivity index (χ0) is 29.5. The number of rotatable bonds is 7. The van der Waals surface area contributed by atoms with Gasteiger partial charge in [-0.15, -0.1) is 0 Å². The van der Waals surface area contributed by atoms with Crippen LogP contribution in [0.1, 0.15) is 45.7 Å². The van der Waals surface area contributed by atoms with Crippen molar-refractivity contribution in [3.63, 3.8) is 0 Å². The normalized spacial score (nSPS) is 18.7. The molecule has 0 aromatic heterocycles. The number of sulfonamides is 1. The van der Waals surface area contributed by atoms with Gasteiger partial charge in [-0.1, -0.05) is 53.2 Å². The first-order chi connectivity index (χ1) is 18.6. The lowest BCUT2D eigenvalue weighted by atomic mass is 9.59. The highest BCUT2D eigenvalue weighted by Gasteiger charge is 2.60. The Labute approximate surface area is 243 Å². The maximum atomic E-state index is 14.4. The molecule has 2 atom stereocenters. The summed E-state index contributed by atoms with van der Waals surface area (Å²) in [6.45, 7) is 8.65. The molecule has 0 radical (unpaired) electrons. The van der Waals surface area contributed by atoms with Crippen molar-refractivity contribution >= 4 is 43.6 Å². The van der Waals surface area contributed by atoms with Crippen molar-refractivity contribution in [2.24, 2.45) is 0 Å². The van der Waals surface area contributed by atoms with E-state index in [0.717, 1.165) is 9.37 Å². The molecular formula is C30H33BrN2O6S. The summed E-state index contributed by atoms with van der Waals surface area (Å²) in [5.74, 6) is 0.0265. The van der Waals surface area contributed by atoms with Crippen molar-refractivity contribution in [1.29, 1.82) is 0 Å². The first-order valence-corrected chi connectivity index (χ1v) is 15.0. The van der Waals surface area contributed by atoms with Crippen LogP contribution in [0, 0.1) is 0 Å². The lowest BCUT2D eigenvalue weighted by molar-refractivity contribution is -0.124. The fourth-order valence-electron chi connectivity index (χ4n) is 5.02. The van der Waals surface area contributed by atoms with Gasteiger partial charge in [0, 0.05) is 16.4 Å². The highest BCUT2D eigenvalue weighted by atomic mass is 79.9. The molecule has 3 aromatic rings. The van der Waals surface area contributed by atoms with E-state index in [-0.39, 0.29) is 11.4 Å². The highest BCUT2D eigenvalue weighted by Crippen LogP contribution is 2.53. The molecule has 8 nitrogen and oxygen atoms in total. The van der Waals surface area contributed by atoms with Gasteiger partial charge in [-0.05, 0) is 81.3 Å². The number of para-hydroxylation sites is 1. The Kier molecular flexibility index (Phi) is 7.92. The van der Waals surface area contributed by atoms with Gasteiger partial charge in [0.2, 0.25) is 15.9 Å². The molecule has 3 aromatic carbocycles. The third kappa shape index (κ3) is 5.27. The first-order valence-electron chi connectivity index (χ1n) is 12.7. The number of nitrogens with zero attached hydrogens (tertiary/aromatic N) is 1. The quantitative estimate of drug-likeness (QED) is 0.348. The number of ether oxygens (including phenoxy) is 2. The number of methoxy groups -OCH3 is 1. The standard InChI is InChI=1S/C30H33BrN2O6S/c1-28(2,3)39-27(35)33-25-10-8-7-9-24(25)30(5,26(33)34)29(4,20-11-13-21(31)14-12-20)19-32-40(36,37)23-17-15-22(38-6)16-18-23/h7-18,32H,19H2,1-6H3/t29-,30+/m1/s1. The van der Waals surface area contributed by atoms with Crippen molar-refractivity contribution in [2.75, 3.05) is 18.6 Å². The van der Waals surface area contributed by atoms with E-state index in [9.17, 15) is 18.0 Å². The molecule has 0 unspecified atom stereocenters. The molecular weight excluding hydrogens is 596 g/mol. The Balaban J connectivity index is 1.83. The predicted octanol–water partition coefficient (Wildman–Crippen LogP) is 5.93. The van der Waals surface area contributed by atoms with Crippen LogP contribution >= 0.6 is 15.9 Å². The number of fused-ring (bicyclic) bond motifs is 1. The van der Waals surface area contributed by atoms with Crippen LogP contribution in [0.3, 0.4) is 0 Å². The number of hydrogen-bond donors (Lipinski definition) is 1. The van der Waals surface area contributed by atoms with E-state index in [1.54, 1.807) is 64.1 Å². The van der Waals surface area contributed by atoms with Crippen molar-refractivity contribution < 1.29 is 27.5 Å². The van der Waals surface area contributed by atoms with Crippen LogP contribution in [0.4, 0.5) is 10.5 Å². The average Bonchev–Trinajstić information content (AvgIpc) is 3.14. The molecule has 1 aliphatic heterocycles. The molecule has 0 spiro atoms. The molecule has 0 fully saturated rings. The van der Waals surface area contributed by atoms with E-state index in [0.29, 0.717) is 22.6 Å². The monoisotopic (exact) mass is 628 g/mol. The summed E-state index contributed by atoms with van der Waals surface area (Å²) in [4.78, 5) is 28.9.